The first-order valence-corrected chi connectivity index (χ1v) is 8.36. The van der Waals surface area contributed by atoms with Gasteiger partial charge in [0, 0.05) is 0 Å². The van der Waals surface area contributed by atoms with Crippen molar-refractivity contribution < 1.29 is 4.79 Å². The van der Waals surface area contributed by atoms with Gasteiger partial charge in [0.1, 0.15) is 0 Å². The first kappa shape index (κ1) is 8.26. The van der Waals surface area contributed by atoms with E-state index in [2.05, 4.69) is 15.1 Å². The van der Waals surface area contributed by atoms with Crippen LogP contribution in [0.25, 0.3) is 0 Å². The van der Waals surface area contributed by atoms with Crippen LogP contribution in [0, 0.1) is 0 Å². The van der Waals surface area contributed by atoms with Crippen LogP contribution in [0.5, 0.6) is 0 Å². The van der Waals surface area contributed by atoms with Crippen LogP contribution in [-0.2, 0) is 4.79 Å². The fourth-order valence-electron chi connectivity index (χ4n) is 0.922. The first-order valence-electron chi connectivity index (χ1n) is 3.15. The summed E-state index contributed by atoms with van der Waals surface area (Å²) in [6.07, 6.45) is 0. The fourth-order valence-corrected chi connectivity index (χ4v) is 4.47. The van der Waals surface area contributed by atoms with Crippen LogP contribution in [0.15, 0.2) is 0 Å². The molecule has 1 heterocycles. The summed E-state index contributed by atoms with van der Waals surface area (Å²) >= 11 is -0.798. The summed E-state index contributed by atoms with van der Waals surface area (Å²) in [6, 6.07) is 0. The van der Waals surface area contributed by atoms with Crippen LogP contribution >= 0.6 is 19.8 Å². The second-order valence-corrected chi connectivity index (χ2v) is 8.17. The molecule has 3 nitrogen and oxygen atoms in total. The van der Waals surface area contributed by atoms with E-state index in [4.69, 9.17) is 0 Å². The molecule has 4 heteroatoms. The number of halogens is 1. The molecule has 1 rings (SSSR count). The molecular weight excluding hydrogens is 243 g/mol. The van der Waals surface area contributed by atoms with E-state index in [1.165, 1.54) is 4.55 Å². The molecule has 1 fully saturated rings. The van der Waals surface area contributed by atoms with Crippen LogP contribution in [0.2, 0.25) is 0 Å². The standard InChI is InChI=1S/C6H13IN2O/c1-7-4-8-6(10)3-9(2)5-7/h3-5H2,1-2H3,(H,8,10). The normalized spacial score (nSPS) is 25.8. The topological polar surface area (TPSA) is 32.3 Å². The molecule has 0 spiro atoms. The predicted molar refractivity (Wildman–Crippen MR) is 50.5 cm³/mol. The number of likely N-dealkylation sites (N-methyl/N-ethyl adjacent to an activating group) is 1. The molecule has 0 atom stereocenters. The minimum absolute atomic E-state index is 0.184. The van der Waals surface area contributed by atoms with Gasteiger partial charge in [0.25, 0.3) is 0 Å². The van der Waals surface area contributed by atoms with Gasteiger partial charge in [0.15, 0.2) is 0 Å². The van der Waals surface area contributed by atoms with Crippen molar-refractivity contribution in [1.29, 1.82) is 0 Å². The van der Waals surface area contributed by atoms with Crippen molar-refractivity contribution >= 4 is 25.7 Å². The molecule has 1 saturated heterocycles. The predicted octanol–water partition coefficient (Wildman–Crippen LogP) is 0.0992. The van der Waals surface area contributed by atoms with Crippen molar-refractivity contribution in [3.05, 3.63) is 0 Å². The first-order chi connectivity index (χ1) is 4.68. The van der Waals surface area contributed by atoms with Gasteiger partial charge in [-0.1, -0.05) is 0 Å². The molecule has 0 aromatic heterocycles. The van der Waals surface area contributed by atoms with Crippen LogP contribution in [0.1, 0.15) is 0 Å². The summed E-state index contributed by atoms with van der Waals surface area (Å²) in [6.45, 7) is 0.585. The zero-order valence-electron chi connectivity index (χ0n) is 6.35. The molecule has 0 saturated carbocycles. The van der Waals surface area contributed by atoms with Gasteiger partial charge in [0.05, 0.1) is 0 Å². The number of alkyl halides is 3. The quantitative estimate of drug-likeness (QED) is 0.379. The van der Waals surface area contributed by atoms with Crippen molar-refractivity contribution in [2.45, 2.75) is 0 Å². The minimum atomic E-state index is -0.798. The number of carbonyl (C=O) groups excluding carboxylic acids is 1. The molecule has 0 aromatic rings. The van der Waals surface area contributed by atoms with Gasteiger partial charge in [-0.15, -0.1) is 0 Å². The van der Waals surface area contributed by atoms with E-state index in [-0.39, 0.29) is 5.91 Å². The van der Waals surface area contributed by atoms with Gasteiger partial charge in [-0.05, 0) is 0 Å². The molecule has 60 valence electrons. The SMILES string of the molecule is CN1CC(=O)NCI(C)C1. The van der Waals surface area contributed by atoms with E-state index >= 15 is 0 Å². The molecule has 10 heavy (non-hydrogen) atoms. The van der Waals surface area contributed by atoms with Crippen molar-refractivity contribution in [2.24, 2.45) is 0 Å². The van der Waals surface area contributed by atoms with Crippen molar-refractivity contribution in [3.63, 3.8) is 0 Å². The zero-order chi connectivity index (χ0) is 7.56. The van der Waals surface area contributed by atoms with Crippen molar-refractivity contribution in [2.75, 3.05) is 27.6 Å². The number of hydrogen-bond acceptors (Lipinski definition) is 2. The molecule has 0 radical (unpaired) electrons. The van der Waals surface area contributed by atoms with Crippen molar-refractivity contribution in [1.82, 2.24) is 10.2 Å². The van der Waals surface area contributed by atoms with E-state index < -0.39 is 19.8 Å². The number of amides is 1. The molecule has 0 bridgehead atoms. The third-order valence-electron chi connectivity index (χ3n) is 1.31. The van der Waals surface area contributed by atoms with Gasteiger partial charge >= 0.3 is 68.4 Å². The number of rotatable bonds is 0. The summed E-state index contributed by atoms with van der Waals surface area (Å²) in [4.78, 5) is 15.3. The second-order valence-electron chi connectivity index (χ2n) is 2.59. The Morgan fingerprint density at radius 2 is 2.40 bits per heavy atom. The van der Waals surface area contributed by atoms with Gasteiger partial charge in [-0.25, -0.2) is 0 Å². The van der Waals surface area contributed by atoms with Crippen LogP contribution < -0.4 is 5.32 Å². The molecular formula is C6H13IN2O. The Kier molecular flexibility index (Phi) is 2.91. The van der Waals surface area contributed by atoms with Crippen LogP contribution in [0.3, 0.4) is 0 Å². The average molecular weight is 256 g/mol. The van der Waals surface area contributed by atoms with Gasteiger partial charge in [-0.2, -0.15) is 0 Å². The van der Waals surface area contributed by atoms with Gasteiger partial charge < -0.3 is 0 Å². The average Bonchev–Trinajstić information content (AvgIpc) is 1.93. The summed E-state index contributed by atoms with van der Waals surface area (Å²) in [5, 5.41) is 2.91. The monoisotopic (exact) mass is 256 g/mol. The number of carbonyl (C=O) groups is 1. The molecule has 1 aliphatic heterocycles. The molecule has 0 unspecified atom stereocenters. The summed E-state index contributed by atoms with van der Waals surface area (Å²) < 4.78 is 2.15. The molecule has 1 aliphatic rings. The third kappa shape index (κ3) is 2.42. The Hall–Kier alpha value is 0.160. The molecule has 0 aromatic carbocycles. The number of hydrogen-bond donors (Lipinski definition) is 1. The summed E-state index contributed by atoms with van der Waals surface area (Å²) in [5.74, 6) is 0.184. The Bertz CT molecular complexity index is 140. The molecule has 0 aliphatic carbocycles. The van der Waals surface area contributed by atoms with E-state index in [1.807, 2.05) is 7.05 Å². The maximum absolute atomic E-state index is 10.9. The molecule has 1 amide bonds. The van der Waals surface area contributed by atoms with Crippen LogP contribution in [0.4, 0.5) is 0 Å². The Morgan fingerprint density at radius 1 is 1.70 bits per heavy atom. The Balaban J connectivity index is 2.46. The van der Waals surface area contributed by atoms with Crippen molar-refractivity contribution in [3.8, 4) is 0 Å². The molecule has 1 N–H and O–H groups in total. The summed E-state index contributed by atoms with van der Waals surface area (Å²) in [5.41, 5.74) is 0. The van der Waals surface area contributed by atoms with E-state index in [0.29, 0.717) is 6.54 Å². The van der Waals surface area contributed by atoms with E-state index in [1.54, 1.807) is 0 Å². The summed E-state index contributed by atoms with van der Waals surface area (Å²) in [7, 11) is 2.01. The number of nitrogens with one attached hydrogen (secondary N) is 1. The maximum atomic E-state index is 10.9. The fraction of sp³-hybridized carbons (Fsp3) is 0.833. The Morgan fingerprint density at radius 3 is 3.10 bits per heavy atom. The number of nitrogens with zero attached hydrogens (tertiary/aromatic N) is 1. The van der Waals surface area contributed by atoms with Gasteiger partial charge in [-0.3, -0.25) is 0 Å². The van der Waals surface area contributed by atoms with Gasteiger partial charge in [0.2, 0.25) is 0 Å². The second kappa shape index (κ2) is 3.52. The van der Waals surface area contributed by atoms with E-state index in [9.17, 15) is 4.79 Å². The third-order valence-corrected chi connectivity index (χ3v) is 5.33. The Labute approximate surface area is 68.5 Å². The van der Waals surface area contributed by atoms with E-state index in [0.717, 1.165) is 4.55 Å². The van der Waals surface area contributed by atoms with Crippen LogP contribution in [-0.4, -0.2) is 38.4 Å². The zero-order valence-corrected chi connectivity index (χ0v) is 8.51.